The molecule has 1 spiro atoms. The Hall–Kier alpha value is -1.89. The third-order valence-corrected chi connectivity index (χ3v) is 7.72. The summed E-state index contributed by atoms with van der Waals surface area (Å²) in [6.45, 7) is 6.55. The molecule has 1 aromatic heterocycles. The normalized spacial score (nSPS) is 35.4. The number of anilines is 2. The molecule has 7 heteroatoms. The molecule has 4 heterocycles. The number of carbonyl (C=O) groups excluding carboxylic acids is 1. The lowest BCUT2D eigenvalue weighted by molar-refractivity contribution is -0.130. The van der Waals surface area contributed by atoms with Gasteiger partial charge in [-0.1, -0.05) is 19.8 Å². The molecule has 7 nitrogen and oxygen atoms in total. The van der Waals surface area contributed by atoms with E-state index >= 15 is 0 Å². The summed E-state index contributed by atoms with van der Waals surface area (Å²) in [5, 5.41) is 3.29. The van der Waals surface area contributed by atoms with E-state index in [1.807, 2.05) is 13.0 Å². The van der Waals surface area contributed by atoms with Gasteiger partial charge in [0.15, 0.2) is 0 Å². The molecule has 2 bridgehead atoms. The average Bonchev–Trinajstić information content (AvgIpc) is 3.39. The molecule has 5 rings (SSSR count). The number of nitrogen functional groups attached to an aromatic ring is 1. The number of nitrogens with one attached hydrogen (secondary N) is 1. The van der Waals surface area contributed by atoms with Gasteiger partial charge in [0.2, 0.25) is 11.9 Å². The summed E-state index contributed by atoms with van der Waals surface area (Å²) in [4.78, 5) is 23.7. The van der Waals surface area contributed by atoms with Crippen molar-refractivity contribution in [3.05, 3.63) is 11.8 Å². The molecule has 3 N–H and O–H groups in total. The van der Waals surface area contributed by atoms with Crippen molar-refractivity contribution in [2.24, 2.45) is 17.3 Å². The van der Waals surface area contributed by atoms with Crippen LogP contribution in [0.3, 0.4) is 0 Å². The molecule has 0 radical (unpaired) electrons. The fraction of sp³-hybridized carbons (Fsp3) is 0.762. The number of nitrogens with two attached hydrogens (primary N) is 1. The molecule has 152 valence electrons. The molecule has 1 saturated carbocycles. The first-order valence-corrected chi connectivity index (χ1v) is 10.7. The van der Waals surface area contributed by atoms with E-state index in [0.29, 0.717) is 17.8 Å². The Kier molecular flexibility index (Phi) is 4.09. The Labute approximate surface area is 166 Å². The van der Waals surface area contributed by atoms with Crippen molar-refractivity contribution in [3.63, 3.8) is 0 Å². The van der Waals surface area contributed by atoms with Gasteiger partial charge in [0.25, 0.3) is 0 Å². The maximum absolute atomic E-state index is 12.8. The van der Waals surface area contributed by atoms with Crippen LogP contribution in [0.1, 0.15) is 51.1 Å². The number of ether oxygens (including phenoxy) is 1. The van der Waals surface area contributed by atoms with Crippen molar-refractivity contribution in [1.82, 2.24) is 15.3 Å². The zero-order chi connectivity index (χ0) is 19.5. The first kappa shape index (κ1) is 18.2. The first-order valence-electron chi connectivity index (χ1n) is 10.7. The summed E-state index contributed by atoms with van der Waals surface area (Å²) in [7, 11) is 0. The van der Waals surface area contributed by atoms with Crippen molar-refractivity contribution >= 4 is 17.7 Å². The molecule has 4 fully saturated rings. The second-order valence-electron chi connectivity index (χ2n) is 9.61. The standard InChI is InChI=1S/C21H31N5O2/c1-13-9-17(25-19(22)24-13)26-11-15-14(16-5-8-21(15,12-26)28-16)10-23-18(27)20(2)6-3-4-7-20/h9,14-16H,3-8,10-12H2,1-2H3,(H,23,27)(H2,22,24,25)/t14-,15+,16+,21+/m0/s1. The highest BCUT2D eigenvalue weighted by molar-refractivity contribution is 5.82. The van der Waals surface area contributed by atoms with Gasteiger partial charge < -0.3 is 20.7 Å². The topological polar surface area (TPSA) is 93.4 Å². The largest absolute Gasteiger partial charge is 0.369 e. The molecule has 1 amide bonds. The molecule has 0 aromatic carbocycles. The van der Waals surface area contributed by atoms with Crippen LogP contribution in [0.25, 0.3) is 0 Å². The van der Waals surface area contributed by atoms with Crippen LogP contribution < -0.4 is 16.0 Å². The maximum atomic E-state index is 12.8. The number of fused-ring (bicyclic) bond motifs is 1. The minimum atomic E-state index is -0.173. The Morgan fingerprint density at radius 2 is 2.14 bits per heavy atom. The smallest absolute Gasteiger partial charge is 0.225 e. The number of hydrogen-bond donors (Lipinski definition) is 2. The summed E-state index contributed by atoms with van der Waals surface area (Å²) in [5.41, 5.74) is 6.49. The van der Waals surface area contributed by atoms with Crippen LogP contribution in [0.2, 0.25) is 0 Å². The first-order chi connectivity index (χ1) is 13.4. The Morgan fingerprint density at radius 1 is 1.36 bits per heavy atom. The highest BCUT2D eigenvalue weighted by Crippen LogP contribution is 2.55. The van der Waals surface area contributed by atoms with E-state index in [1.165, 1.54) is 12.8 Å². The van der Waals surface area contributed by atoms with E-state index in [2.05, 4.69) is 27.1 Å². The molecule has 3 saturated heterocycles. The predicted octanol–water partition coefficient (Wildman–Crippen LogP) is 2.05. The summed E-state index contributed by atoms with van der Waals surface area (Å²) in [5.74, 6) is 2.26. The molecule has 1 aromatic rings. The summed E-state index contributed by atoms with van der Waals surface area (Å²) in [6.07, 6.45) is 6.83. The lowest BCUT2D eigenvalue weighted by Gasteiger charge is -2.30. The van der Waals surface area contributed by atoms with Crippen LogP contribution in [0, 0.1) is 24.2 Å². The molecule has 4 aliphatic rings. The van der Waals surface area contributed by atoms with Crippen LogP contribution >= 0.6 is 0 Å². The number of aryl methyl sites for hydroxylation is 1. The van der Waals surface area contributed by atoms with E-state index in [9.17, 15) is 4.79 Å². The third-order valence-electron chi connectivity index (χ3n) is 7.72. The minimum absolute atomic E-state index is 0.0923. The molecule has 28 heavy (non-hydrogen) atoms. The fourth-order valence-corrected chi connectivity index (χ4v) is 6.18. The Morgan fingerprint density at radius 3 is 2.89 bits per heavy atom. The van der Waals surface area contributed by atoms with Gasteiger partial charge in [-0.15, -0.1) is 0 Å². The number of amides is 1. The van der Waals surface area contributed by atoms with E-state index in [1.54, 1.807) is 0 Å². The maximum Gasteiger partial charge on any atom is 0.225 e. The number of carbonyl (C=O) groups is 1. The molecule has 1 aliphatic carbocycles. The van der Waals surface area contributed by atoms with Crippen LogP contribution in [-0.4, -0.2) is 47.2 Å². The SMILES string of the molecule is Cc1cc(N2C[C@@H]3[C@H](CNC(=O)C4(C)CCCC4)[C@H]4CC[C@]3(C2)O4)nc(N)n1. The van der Waals surface area contributed by atoms with Crippen LogP contribution in [0.5, 0.6) is 0 Å². The monoisotopic (exact) mass is 385 g/mol. The van der Waals surface area contributed by atoms with Gasteiger partial charge in [0.05, 0.1) is 11.7 Å². The molecular weight excluding hydrogens is 354 g/mol. The minimum Gasteiger partial charge on any atom is -0.369 e. The van der Waals surface area contributed by atoms with Gasteiger partial charge >= 0.3 is 0 Å². The Bertz CT molecular complexity index is 773. The van der Waals surface area contributed by atoms with E-state index in [-0.39, 0.29) is 23.0 Å². The molecular formula is C21H31N5O2. The van der Waals surface area contributed by atoms with Crippen LogP contribution in [-0.2, 0) is 9.53 Å². The number of aromatic nitrogens is 2. The number of rotatable bonds is 4. The number of hydrogen-bond acceptors (Lipinski definition) is 6. The van der Waals surface area contributed by atoms with Gasteiger partial charge in [0.1, 0.15) is 5.82 Å². The lowest BCUT2D eigenvalue weighted by Crippen LogP contribution is -2.45. The third kappa shape index (κ3) is 2.78. The fourth-order valence-electron chi connectivity index (χ4n) is 6.18. The van der Waals surface area contributed by atoms with Gasteiger partial charge in [-0.05, 0) is 32.6 Å². The number of nitrogens with zero attached hydrogens (tertiary/aromatic N) is 3. The quantitative estimate of drug-likeness (QED) is 0.824. The zero-order valence-corrected chi connectivity index (χ0v) is 16.9. The van der Waals surface area contributed by atoms with E-state index in [0.717, 1.165) is 56.8 Å². The van der Waals surface area contributed by atoms with Crippen molar-refractivity contribution in [1.29, 1.82) is 0 Å². The highest BCUT2D eigenvalue weighted by atomic mass is 16.5. The molecule has 3 aliphatic heterocycles. The lowest BCUT2D eigenvalue weighted by atomic mass is 9.73. The van der Waals surface area contributed by atoms with Crippen molar-refractivity contribution in [2.75, 3.05) is 30.3 Å². The Balaban J connectivity index is 1.30. The molecule has 0 unspecified atom stereocenters. The summed E-state index contributed by atoms with van der Waals surface area (Å²) >= 11 is 0. The van der Waals surface area contributed by atoms with E-state index in [4.69, 9.17) is 10.5 Å². The molecule has 4 atom stereocenters. The summed E-state index contributed by atoms with van der Waals surface area (Å²) < 4.78 is 6.52. The van der Waals surface area contributed by atoms with Crippen LogP contribution in [0.15, 0.2) is 6.07 Å². The average molecular weight is 386 g/mol. The van der Waals surface area contributed by atoms with Gasteiger partial charge in [-0.25, -0.2) is 4.98 Å². The highest BCUT2D eigenvalue weighted by Gasteiger charge is 2.63. The predicted molar refractivity (Wildman–Crippen MR) is 107 cm³/mol. The summed E-state index contributed by atoms with van der Waals surface area (Å²) in [6, 6.07) is 2.00. The van der Waals surface area contributed by atoms with Crippen molar-refractivity contribution in [3.8, 4) is 0 Å². The second-order valence-corrected chi connectivity index (χ2v) is 9.61. The second kappa shape index (κ2) is 6.31. The van der Waals surface area contributed by atoms with Crippen molar-refractivity contribution in [2.45, 2.75) is 64.1 Å². The van der Waals surface area contributed by atoms with Gasteiger partial charge in [-0.2, -0.15) is 4.98 Å². The van der Waals surface area contributed by atoms with Crippen molar-refractivity contribution < 1.29 is 9.53 Å². The van der Waals surface area contributed by atoms with Gasteiger partial charge in [0, 0.05) is 48.6 Å². The van der Waals surface area contributed by atoms with E-state index < -0.39 is 0 Å². The zero-order valence-electron chi connectivity index (χ0n) is 16.9. The van der Waals surface area contributed by atoms with Gasteiger partial charge in [-0.3, -0.25) is 4.79 Å². The van der Waals surface area contributed by atoms with Crippen LogP contribution in [0.4, 0.5) is 11.8 Å².